The number of carbonyl (C=O) groups excluding carboxylic acids is 1. The maximum atomic E-state index is 13.8. The van der Waals surface area contributed by atoms with Crippen molar-refractivity contribution in [3.63, 3.8) is 0 Å². The molecular formula is C23H24ClN5O5S. The molecule has 1 aliphatic rings. The summed E-state index contributed by atoms with van der Waals surface area (Å²) in [6.45, 7) is 0.770. The number of nitrogens with one attached hydrogen (secondary N) is 2. The molecule has 12 heteroatoms. The Balaban J connectivity index is 1.66. The van der Waals surface area contributed by atoms with Crippen molar-refractivity contribution in [2.24, 2.45) is 5.73 Å². The smallest absolute Gasteiger partial charge is 0.266 e. The quantitative estimate of drug-likeness (QED) is 0.369. The molecule has 2 aromatic carbocycles. The van der Waals surface area contributed by atoms with Gasteiger partial charge in [-0.3, -0.25) is 4.79 Å². The van der Waals surface area contributed by atoms with Crippen LogP contribution in [0.15, 0.2) is 47.4 Å². The SMILES string of the molecule is N#CCCNc1cc(Cl)cc2c(S(=O)(=O)N3CCOC(COc4ccccc4)C3)c(C(N)=O)[nH]c12. The lowest BCUT2D eigenvalue weighted by molar-refractivity contribution is -0.0249. The Morgan fingerprint density at radius 1 is 1.34 bits per heavy atom. The predicted molar refractivity (Wildman–Crippen MR) is 131 cm³/mol. The highest BCUT2D eigenvalue weighted by Gasteiger charge is 2.36. The Morgan fingerprint density at radius 2 is 2.11 bits per heavy atom. The second-order valence-electron chi connectivity index (χ2n) is 7.88. The van der Waals surface area contributed by atoms with Crippen LogP contribution in [0, 0.1) is 11.3 Å². The van der Waals surface area contributed by atoms with E-state index in [2.05, 4.69) is 10.3 Å². The molecule has 0 spiro atoms. The minimum absolute atomic E-state index is 0.0356. The minimum Gasteiger partial charge on any atom is -0.491 e. The average molecular weight is 518 g/mol. The maximum Gasteiger partial charge on any atom is 0.266 e. The largest absolute Gasteiger partial charge is 0.491 e. The molecule has 3 aromatic rings. The van der Waals surface area contributed by atoms with E-state index in [0.717, 1.165) is 0 Å². The normalized spacial score (nSPS) is 16.6. The molecule has 1 amide bonds. The van der Waals surface area contributed by atoms with E-state index in [0.29, 0.717) is 23.5 Å². The number of nitrogens with two attached hydrogens (primary N) is 1. The van der Waals surface area contributed by atoms with E-state index >= 15 is 0 Å². The van der Waals surface area contributed by atoms with Crippen LogP contribution in [-0.2, 0) is 14.8 Å². The number of fused-ring (bicyclic) bond motifs is 1. The molecule has 1 aromatic heterocycles. The number of ether oxygens (including phenoxy) is 2. The third-order valence-electron chi connectivity index (χ3n) is 5.50. The zero-order valence-corrected chi connectivity index (χ0v) is 20.2. The number of aromatic amines is 1. The number of aromatic nitrogens is 1. The number of nitrogens with zero attached hydrogens (tertiary/aromatic N) is 2. The molecular weight excluding hydrogens is 494 g/mol. The Bertz CT molecular complexity index is 1370. The summed E-state index contributed by atoms with van der Waals surface area (Å²) in [5.41, 5.74) is 6.14. The number of carbonyl (C=O) groups is 1. The van der Waals surface area contributed by atoms with Crippen molar-refractivity contribution in [3.05, 3.63) is 53.2 Å². The lowest BCUT2D eigenvalue weighted by Crippen LogP contribution is -2.47. The molecule has 1 aliphatic heterocycles. The van der Waals surface area contributed by atoms with Gasteiger partial charge in [-0.25, -0.2) is 8.42 Å². The summed E-state index contributed by atoms with van der Waals surface area (Å²) < 4.78 is 40.3. The summed E-state index contributed by atoms with van der Waals surface area (Å²) in [6.07, 6.45) is -0.282. The first kappa shape index (κ1) is 24.8. The lowest BCUT2D eigenvalue weighted by Gasteiger charge is -2.32. The fourth-order valence-corrected chi connectivity index (χ4v) is 5.92. The monoisotopic (exact) mass is 517 g/mol. The van der Waals surface area contributed by atoms with E-state index in [1.807, 2.05) is 24.3 Å². The molecule has 4 N–H and O–H groups in total. The number of benzene rings is 2. The van der Waals surface area contributed by atoms with Gasteiger partial charge < -0.3 is 25.5 Å². The molecule has 35 heavy (non-hydrogen) atoms. The third-order valence-corrected chi connectivity index (χ3v) is 7.67. The van der Waals surface area contributed by atoms with Gasteiger partial charge in [0.15, 0.2) is 0 Å². The molecule has 2 heterocycles. The summed E-state index contributed by atoms with van der Waals surface area (Å²) in [5, 5.41) is 12.4. The van der Waals surface area contributed by atoms with Crippen LogP contribution in [0.5, 0.6) is 5.75 Å². The molecule has 184 valence electrons. The van der Waals surface area contributed by atoms with Gasteiger partial charge in [0.05, 0.1) is 30.3 Å². The summed E-state index contributed by atoms with van der Waals surface area (Å²) >= 11 is 6.28. The number of hydrogen-bond donors (Lipinski definition) is 3. The zero-order chi connectivity index (χ0) is 25.0. The predicted octanol–water partition coefficient (Wildman–Crippen LogP) is 2.71. The molecule has 1 fully saturated rings. The number of rotatable bonds is 9. The Hall–Kier alpha value is -3.30. The molecule has 1 saturated heterocycles. The molecule has 0 radical (unpaired) electrons. The van der Waals surface area contributed by atoms with Crippen LogP contribution in [0.3, 0.4) is 0 Å². The number of halogens is 1. The number of para-hydroxylation sites is 1. The van der Waals surface area contributed by atoms with Crippen molar-refractivity contribution in [1.82, 2.24) is 9.29 Å². The van der Waals surface area contributed by atoms with Gasteiger partial charge in [0.1, 0.15) is 29.0 Å². The van der Waals surface area contributed by atoms with Crippen LogP contribution in [0.1, 0.15) is 16.9 Å². The number of sulfonamides is 1. The number of hydrogen-bond acceptors (Lipinski definition) is 7. The fourth-order valence-electron chi connectivity index (χ4n) is 3.92. The van der Waals surface area contributed by atoms with Crippen molar-refractivity contribution in [2.75, 3.05) is 38.2 Å². The van der Waals surface area contributed by atoms with Crippen LogP contribution >= 0.6 is 11.6 Å². The number of anilines is 1. The number of H-pyrrole nitrogens is 1. The standard InChI is InChI=1S/C23H24ClN5O5S/c24-15-11-18-20(19(12-15)27-8-4-7-25)28-21(23(26)30)22(18)35(31,32)29-9-10-33-17(13-29)14-34-16-5-2-1-3-6-16/h1-3,5-6,11-12,17,27-28H,4,8-10,13-14H2,(H2,26,30). The van der Waals surface area contributed by atoms with Gasteiger partial charge in [-0.15, -0.1) is 0 Å². The lowest BCUT2D eigenvalue weighted by atomic mass is 10.2. The van der Waals surface area contributed by atoms with E-state index in [-0.39, 0.29) is 53.7 Å². The van der Waals surface area contributed by atoms with Crippen LogP contribution in [0.2, 0.25) is 5.02 Å². The molecule has 4 rings (SSSR count). The molecule has 1 unspecified atom stereocenters. The molecule has 10 nitrogen and oxygen atoms in total. The highest BCUT2D eigenvalue weighted by atomic mass is 35.5. The summed E-state index contributed by atoms with van der Waals surface area (Å²) in [5.74, 6) is -0.272. The topological polar surface area (TPSA) is 151 Å². The van der Waals surface area contributed by atoms with Gasteiger partial charge in [-0.05, 0) is 24.3 Å². The second-order valence-corrected chi connectivity index (χ2v) is 10.2. The van der Waals surface area contributed by atoms with Crippen LogP contribution in [0.25, 0.3) is 10.9 Å². The second kappa shape index (κ2) is 10.5. The van der Waals surface area contributed by atoms with E-state index in [4.69, 9.17) is 32.1 Å². The van der Waals surface area contributed by atoms with Crippen LogP contribution in [0.4, 0.5) is 5.69 Å². The zero-order valence-electron chi connectivity index (χ0n) is 18.7. The maximum absolute atomic E-state index is 13.8. The van der Waals surface area contributed by atoms with E-state index in [1.165, 1.54) is 10.4 Å². The average Bonchev–Trinajstić information content (AvgIpc) is 3.24. The Kier molecular flexibility index (Phi) is 7.47. The number of nitriles is 1. The molecule has 0 aliphatic carbocycles. The van der Waals surface area contributed by atoms with Crippen molar-refractivity contribution >= 4 is 44.1 Å². The van der Waals surface area contributed by atoms with Gasteiger partial charge >= 0.3 is 0 Å². The van der Waals surface area contributed by atoms with Crippen molar-refractivity contribution < 1.29 is 22.7 Å². The number of morpholine rings is 1. The first-order valence-corrected chi connectivity index (χ1v) is 12.7. The van der Waals surface area contributed by atoms with E-state index < -0.39 is 22.0 Å². The number of primary amides is 1. The number of amides is 1. The molecule has 0 saturated carbocycles. The third kappa shape index (κ3) is 5.36. The van der Waals surface area contributed by atoms with Crippen LogP contribution < -0.4 is 15.8 Å². The first-order valence-electron chi connectivity index (χ1n) is 10.9. The summed E-state index contributed by atoms with van der Waals surface area (Å²) in [6, 6.07) is 14.2. The highest BCUT2D eigenvalue weighted by Crippen LogP contribution is 2.36. The van der Waals surface area contributed by atoms with Gasteiger partial charge in [0.2, 0.25) is 10.0 Å². The molecule has 1 atom stereocenters. The van der Waals surface area contributed by atoms with Gasteiger partial charge in [-0.1, -0.05) is 29.8 Å². The first-order chi connectivity index (χ1) is 16.8. The summed E-state index contributed by atoms with van der Waals surface area (Å²) in [7, 11) is -4.17. The molecule has 0 bridgehead atoms. The van der Waals surface area contributed by atoms with Crippen molar-refractivity contribution in [3.8, 4) is 11.8 Å². The van der Waals surface area contributed by atoms with Crippen molar-refractivity contribution in [2.45, 2.75) is 17.4 Å². The minimum atomic E-state index is -4.17. The van der Waals surface area contributed by atoms with Crippen LogP contribution in [-0.4, -0.2) is 62.6 Å². The Morgan fingerprint density at radius 3 is 2.83 bits per heavy atom. The fraction of sp³-hybridized carbons (Fsp3) is 0.304. The van der Waals surface area contributed by atoms with Gasteiger partial charge in [0, 0.05) is 30.0 Å². The highest BCUT2D eigenvalue weighted by molar-refractivity contribution is 7.89. The summed E-state index contributed by atoms with van der Waals surface area (Å²) in [4.78, 5) is 14.9. The van der Waals surface area contributed by atoms with Gasteiger partial charge in [0.25, 0.3) is 5.91 Å². The van der Waals surface area contributed by atoms with Crippen molar-refractivity contribution in [1.29, 1.82) is 5.26 Å². The van der Waals surface area contributed by atoms with E-state index in [9.17, 15) is 13.2 Å². The Labute approximate surface area is 207 Å². The van der Waals surface area contributed by atoms with Gasteiger partial charge in [-0.2, -0.15) is 9.57 Å². The van der Waals surface area contributed by atoms with E-state index in [1.54, 1.807) is 18.2 Å².